The van der Waals surface area contributed by atoms with Gasteiger partial charge in [-0.15, -0.1) is 0 Å². The number of benzene rings is 3. The number of rotatable bonds is 6. The molecule has 0 atom stereocenters. The van der Waals surface area contributed by atoms with Crippen molar-refractivity contribution in [3.8, 4) is 11.3 Å². The predicted octanol–water partition coefficient (Wildman–Crippen LogP) is 6.11. The normalized spacial score (nSPS) is 12.1. The number of aryl methyl sites for hydroxylation is 2. The van der Waals surface area contributed by atoms with Crippen LogP contribution in [0.2, 0.25) is 0 Å². The van der Waals surface area contributed by atoms with E-state index in [4.69, 9.17) is 9.98 Å². The van der Waals surface area contributed by atoms with Crippen molar-refractivity contribution < 1.29 is 0 Å². The van der Waals surface area contributed by atoms with E-state index in [1.54, 1.807) is 6.08 Å². The van der Waals surface area contributed by atoms with Crippen LogP contribution in [0.15, 0.2) is 114 Å². The Labute approximate surface area is 189 Å². The molecule has 3 aromatic carbocycles. The summed E-state index contributed by atoms with van der Waals surface area (Å²) in [6.45, 7) is 6.08. The molecule has 0 bridgehead atoms. The van der Waals surface area contributed by atoms with Crippen LogP contribution in [0.1, 0.15) is 22.4 Å². The molecule has 3 nitrogen and oxygen atoms in total. The zero-order valence-electron chi connectivity index (χ0n) is 18.6. The summed E-state index contributed by atoms with van der Waals surface area (Å²) in [4.78, 5) is 10.0. The maximum Gasteiger partial charge on any atom is 0.155 e. The third-order valence-electron chi connectivity index (χ3n) is 5.25. The van der Waals surface area contributed by atoms with E-state index in [1.165, 1.54) is 11.1 Å². The minimum Gasteiger partial charge on any atom is -0.332 e. The maximum absolute atomic E-state index is 5.03. The highest BCUT2D eigenvalue weighted by molar-refractivity contribution is 5.58. The van der Waals surface area contributed by atoms with Gasteiger partial charge in [0.15, 0.2) is 5.49 Å². The van der Waals surface area contributed by atoms with Crippen LogP contribution in [0.3, 0.4) is 0 Å². The zero-order chi connectivity index (χ0) is 22.3. The van der Waals surface area contributed by atoms with Crippen LogP contribution in [0.25, 0.3) is 17.3 Å². The van der Waals surface area contributed by atoms with E-state index in [0.717, 1.165) is 33.7 Å². The largest absolute Gasteiger partial charge is 0.332 e. The summed E-state index contributed by atoms with van der Waals surface area (Å²) in [6, 6.07) is 29.0. The second-order valence-electron chi connectivity index (χ2n) is 7.84. The highest BCUT2D eigenvalue weighted by Gasteiger charge is 2.09. The van der Waals surface area contributed by atoms with E-state index in [0.29, 0.717) is 6.42 Å². The van der Waals surface area contributed by atoms with Crippen LogP contribution in [0, 0.1) is 6.92 Å². The van der Waals surface area contributed by atoms with Gasteiger partial charge in [-0.25, -0.2) is 9.98 Å². The molecule has 0 fully saturated rings. The van der Waals surface area contributed by atoms with Gasteiger partial charge in [0.05, 0.1) is 17.1 Å². The molecule has 4 rings (SSSR count). The van der Waals surface area contributed by atoms with E-state index >= 15 is 0 Å². The predicted molar refractivity (Wildman–Crippen MR) is 133 cm³/mol. The first-order valence-electron chi connectivity index (χ1n) is 10.7. The number of hydrogen-bond donors (Lipinski definition) is 0. The van der Waals surface area contributed by atoms with Gasteiger partial charge in [0.2, 0.25) is 0 Å². The van der Waals surface area contributed by atoms with Gasteiger partial charge in [0.1, 0.15) is 0 Å². The molecule has 1 aromatic heterocycles. The Kier molecular flexibility index (Phi) is 6.57. The van der Waals surface area contributed by atoms with Crippen LogP contribution in [-0.2, 0) is 13.5 Å². The van der Waals surface area contributed by atoms with Crippen LogP contribution < -0.4 is 5.49 Å². The Morgan fingerprint density at radius 2 is 1.69 bits per heavy atom. The molecule has 0 aliphatic heterocycles. The fraction of sp³-hybridized carbons (Fsp3) is 0.103. The summed E-state index contributed by atoms with van der Waals surface area (Å²) < 4.78 is 2.06. The molecule has 0 aliphatic rings. The molecule has 158 valence electrons. The van der Waals surface area contributed by atoms with Crippen molar-refractivity contribution >= 4 is 6.08 Å². The lowest BCUT2D eigenvalue weighted by Gasteiger charge is -2.11. The molecule has 32 heavy (non-hydrogen) atoms. The Morgan fingerprint density at radius 3 is 2.38 bits per heavy atom. The average molecular weight is 418 g/mol. The first-order chi connectivity index (χ1) is 15.6. The minimum atomic E-state index is 0.697. The van der Waals surface area contributed by atoms with Gasteiger partial charge in [-0.05, 0) is 30.2 Å². The Balaban J connectivity index is 1.86. The van der Waals surface area contributed by atoms with E-state index in [-0.39, 0.29) is 0 Å². The molecule has 0 amide bonds. The van der Waals surface area contributed by atoms with Gasteiger partial charge in [-0.1, -0.05) is 97.1 Å². The number of hydrogen-bond acceptors (Lipinski definition) is 2. The van der Waals surface area contributed by atoms with Gasteiger partial charge >= 0.3 is 0 Å². The smallest absolute Gasteiger partial charge is 0.155 e. The molecule has 3 heteroatoms. The lowest BCUT2D eigenvalue weighted by Crippen LogP contribution is -2.25. The monoisotopic (exact) mass is 417 g/mol. The van der Waals surface area contributed by atoms with E-state index in [1.807, 2.05) is 37.5 Å². The summed E-state index contributed by atoms with van der Waals surface area (Å²) in [7, 11) is 2.02. The summed E-state index contributed by atoms with van der Waals surface area (Å²) in [5.74, 6) is 0. The molecular weight excluding hydrogens is 390 g/mol. The number of aromatic nitrogens is 2. The van der Waals surface area contributed by atoms with Gasteiger partial charge in [-0.2, -0.15) is 0 Å². The van der Waals surface area contributed by atoms with Crippen molar-refractivity contribution in [2.45, 2.75) is 13.3 Å². The summed E-state index contributed by atoms with van der Waals surface area (Å²) in [5, 5.41) is 0. The lowest BCUT2D eigenvalue weighted by molar-refractivity contribution is 0.784. The maximum atomic E-state index is 5.03. The van der Waals surface area contributed by atoms with Gasteiger partial charge < -0.3 is 4.57 Å². The van der Waals surface area contributed by atoms with E-state index in [9.17, 15) is 0 Å². The van der Waals surface area contributed by atoms with Gasteiger partial charge in [-0.3, -0.25) is 0 Å². The van der Waals surface area contributed by atoms with Gasteiger partial charge in [0.25, 0.3) is 0 Å². The molecule has 4 aromatic rings. The Morgan fingerprint density at radius 1 is 0.969 bits per heavy atom. The van der Waals surface area contributed by atoms with E-state index in [2.05, 4.69) is 84.8 Å². The molecule has 0 radical (unpaired) electrons. The number of allylic oxidation sites excluding steroid dienone is 1. The van der Waals surface area contributed by atoms with Crippen molar-refractivity contribution in [2.24, 2.45) is 12.0 Å². The molecule has 0 saturated carbocycles. The Bertz CT molecular complexity index is 1310. The van der Waals surface area contributed by atoms with Crippen molar-refractivity contribution in [1.29, 1.82) is 0 Å². The topological polar surface area (TPSA) is 30.2 Å². The summed E-state index contributed by atoms with van der Waals surface area (Å²) in [6.07, 6.45) is 6.58. The second-order valence-corrected chi connectivity index (χ2v) is 7.84. The molecular formula is C29H27N3. The van der Waals surface area contributed by atoms with Crippen LogP contribution >= 0.6 is 0 Å². The van der Waals surface area contributed by atoms with Crippen LogP contribution in [0.4, 0.5) is 0 Å². The molecule has 0 aliphatic carbocycles. The summed E-state index contributed by atoms with van der Waals surface area (Å²) in [5.41, 5.74) is 8.09. The highest BCUT2D eigenvalue weighted by atomic mass is 15.0. The molecule has 0 N–H and O–H groups in total. The molecule has 1 heterocycles. The van der Waals surface area contributed by atoms with Crippen LogP contribution in [-0.4, -0.2) is 9.55 Å². The molecule has 0 spiro atoms. The second kappa shape index (κ2) is 9.88. The van der Waals surface area contributed by atoms with Crippen LogP contribution in [0.5, 0.6) is 0 Å². The van der Waals surface area contributed by atoms with E-state index < -0.39 is 0 Å². The van der Waals surface area contributed by atoms with Crippen molar-refractivity contribution in [1.82, 2.24) is 9.55 Å². The quantitative estimate of drug-likeness (QED) is 0.348. The molecule has 0 saturated heterocycles. The SMILES string of the molecule is C=CC(=C/c1cccc(C)c1)/N=c1/c(Cc2ccccc2)nc(-c2ccccc2)cn1C. The van der Waals surface area contributed by atoms with Gasteiger partial charge in [0, 0.05) is 25.2 Å². The fourth-order valence-electron chi connectivity index (χ4n) is 3.66. The van der Waals surface area contributed by atoms with Crippen molar-refractivity contribution in [2.75, 3.05) is 0 Å². The summed E-state index contributed by atoms with van der Waals surface area (Å²) >= 11 is 0. The lowest BCUT2D eigenvalue weighted by atomic mass is 10.1. The average Bonchev–Trinajstić information content (AvgIpc) is 2.81. The first kappa shape index (κ1) is 21.3. The first-order valence-corrected chi connectivity index (χ1v) is 10.7. The Hall–Kier alpha value is -3.98. The highest BCUT2D eigenvalue weighted by Crippen LogP contribution is 2.17. The third kappa shape index (κ3) is 5.19. The van der Waals surface area contributed by atoms with Crippen molar-refractivity contribution in [3.05, 3.63) is 137 Å². The standard InChI is InChI=1S/C29H27N3/c1-4-26(19-24-15-11-12-22(2)18-24)30-29-27(20-23-13-7-5-8-14-23)31-28(21-32(29)3)25-16-9-6-10-17-25/h4-19,21H,1,20H2,2-3H3/b26-19-,30-29-. The molecule has 0 unspecified atom stereocenters. The number of nitrogens with zero attached hydrogens (tertiary/aromatic N) is 3. The minimum absolute atomic E-state index is 0.697. The third-order valence-corrected chi connectivity index (χ3v) is 5.25. The van der Waals surface area contributed by atoms with Crippen molar-refractivity contribution in [3.63, 3.8) is 0 Å². The zero-order valence-corrected chi connectivity index (χ0v) is 18.6. The fourth-order valence-corrected chi connectivity index (χ4v) is 3.66.